The molecule has 0 spiro atoms. The zero-order chi connectivity index (χ0) is 17.9. The highest BCUT2D eigenvalue weighted by Crippen LogP contribution is 2.20. The Morgan fingerprint density at radius 1 is 1.29 bits per heavy atom. The third kappa shape index (κ3) is 4.37. The fraction of sp³-hybridized carbons (Fsp3) is 0.588. The van der Waals surface area contributed by atoms with Gasteiger partial charge >= 0.3 is 6.09 Å². The van der Waals surface area contributed by atoms with Crippen molar-refractivity contribution in [1.82, 2.24) is 15.2 Å². The number of carbonyl (C=O) groups is 2. The molecule has 132 valence electrons. The molecule has 2 amide bonds. The van der Waals surface area contributed by atoms with Crippen LogP contribution in [-0.4, -0.2) is 60.2 Å². The zero-order valence-electron chi connectivity index (χ0n) is 15.0. The Kier molecular flexibility index (Phi) is 5.31. The molecular formula is C17H26N4O3. The summed E-state index contributed by atoms with van der Waals surface area (Å²) in [5, 5.41) is 2.55. The molecule has 1 aliphatic heterocycles. The maximum absolute atomic E-state index is 12.2. The molecule has 1 saturated heterocycles. The number of amides is 2. The molecule has 0 unspecified atom stereocenters. The summed E-state index contributed by atoms with van der Waals surface area (Å²) in [5.74, 6) is -0.204. The van der Waals surface area contributed by atoms with Crippen LogP contribution in [0.1, 0.15) is 38.2 Å². The quantitative estimate of drug-likeness (QED) is 0.894. The first-order valence-corrected chi connectivity index (χ1v) is 8.14. The molecule has 1 aromatic heterocycles. The van der Waals surface area contributed by atoms with Gasteiger partial charge in [0.25, 0.3) is 5.91 Å². The van der Waals surface area contributed by atoms with E-state index >= 15 is 0 Å². The molecular weight excluding hydrogens is 308 g/mol. The Morgan fingerprint density at radius 3 is 2.50 bits per heavy atom. The average molecular weight is 334 g/mol. The van der Waals surface area contributed by atoms with Gasteiger partial charge < -0.3 is 19.9 Å². The summed E-state index contributed by atoms with van der Waals surface area (Å²) in [6.07, 6.45) is 1.42. The number of pyridine rings is 1. The Morgan fingerprint density at radius 2 is 2.00 bits per heavy atom. The van der Waals surface area contributed by atoms with E-state index < -0.39 is 5.60 Å². The maximum Gasteiger partial charge on any atom is 0.410 e. The first kappa shape index (κ1) is 18.0. The third-order valence-electron chi connectivity index (χ3n) is 3.83. The van der Waals surface area contributed by atoms with Crippen LogP contribution in [0, 0.1) is 0 Å². The lowest BCUT2D eigenvalue weighted by atomic mass is 10.1. The molecule has 1 atom stereocenters. The monoisotopic (exact) mass is 334 g/mol. The average Bonchev–Trinajstić information content (AvgIpc) is 2.52. The van der Waals surface area contributed by atoms with Crippen molar-refractivity contribution in [2.75, 3.05) is 31.6 Å². The SMILES string of the molecule is CNC(=O)c1ccc(N2CCN(C(=O)OC(C)(C)C)[C@@H](C)C2)cn1. The van der Waals surface area contributed by atoms with Gasteiger partial charge in [0, 0.05) is 32.7 Å². The minimum absolute atomic E-state index is 0.0345. The highest BCUT2D eigenvalue weighted by atomic mass is 16.6. The van der Waals surface area contributed by atoms with E-state index in [1.807, 2.05) is 33.8 Å². The van der Waals surface area contributed by atoms with Crippen LogP contribution in [0.25, 0.3) is 0 Å². The van der Waals surface area contributed by atoms with Crippen molar-refractivity contribution in [3.63, 3.8) is 0 Å². The lowest BCUT2D eigenvalue weighted by molar-refractivity contribution is 0.0159. The second-order valence-corrected chi connectivity index (χ2v) is 6.95. The van der Waals surface area contributed by atoms with Gasteiger partial charge in [-0.1, -0.05) is 0 Å². The minimum Gasteiger partial charge on any atom is -0.444 e. The lowest BCUT2D eigenvalue weighted by Gasteiger charge is -2.41. The van der Waals surface area contributed by atoms with Gasteiger partial charge in [0.1, 0.15) is 11.3 Å². The van der Waals surface area contributed by atoms with Gasteiger partial charge in [-0.15, -0.1) is 0 Å². The number of hydrogen-bond donors (Lipinski definition) is 1. The van der Waals surface area contributed by atoms with E-state index in [0.717, 1.165) is 5.69 Å². The van der Waals surface area contributed by atoms with Crippen molar-refractivity contribution in [2.45, 2.75) is 39.3 Å². The fourth-order valence-electron chi connectivity index (χ4n) is 2.62. The largest absolute Gasteiger partial charge is 0.444 e. The van der Waals surface area contributed by atoms with E-state index in [4.69, 9.17) is 4.74 Å². The van der Waals surface area contributed by atoms with Crippen molar-refractivity contribution >= 4 is 17.7 Å². The summed E-state index contributed by atoms with van der Waals surface area (Å²) in [6, 6.07) is 3.62. The third-order valence-corrected chi connectivity index (χ3v) is 3.83. The molecule has 0 aliphatic carbocycles. The Labute approximate surface area is 143 Å². The van der Waals surface area contributed by atoms with Crippen LogP contribution in [0.4, 0.5) is 10.5 Å². The van der Waals surface area contributed by atoms with Crippen LogP contribution in [0.3, 0.4) is 0 Å². The molecule has 1 N–H and O–H groups in total. The normalized spacial score (nSPS) is 18.3. The summed E-state index contributed by atoms with van der Waals surface area (Å²) < 4.78 is 5.45. The van der Waals surface area contributed by atoms with Gasteiger partial charge in [0.2, 0.25) is 0 Å². The molecule has 7 nitrogen and oxygen atoms in total. The second-order valence-electron chi connectivity index (χ2n) is 6.95. The number of ether oxygens (including phenoxy) is 1. The van der Waals surface area contributed by atoms with Crippen molar-refractivity contribution < 1.29 is 14.3 Å². The van der Waals surface area contributed by atoms with Crippen LogP contribution >= 0.6 is 0 Å². The summed E-state index contributed by atoms with van der Waals surface area (Å²) in [6.45, 7) is 9.59. The predicted octanol–water partition coefficient (Wildman–Crippen LogP) is 1.89. The van der Waals surface area contributed by atoms with Crippen LogP contribution in [0.15, 0.2) is 18.3 Å². The van der Waals surface area contributed by atoms with Crippen molar-refractivity contribution in [1.29, 1.82) is 0 Å². The van der Waals surface area contributed by atoms with Gasteiger partial charge in [-0.25, -0.2) is 9.78 Å². The van der Waals surface area contributed by atoms with Crippen LogP contribution in [0.5, 0.6) is 0 Å². The molecule has 24 heavy (non-hydrogen) atoms. The highest BCUT2D eigenvalue weighted by Gasteiger charge is 2.31. The Hall–Kier alpha value is -2.31. The zero-order valence-corrected chi connectivity index (χ0v) is 15.0. The van der Waals surface area contributed by atoms with Crippen molar-refractivity contribution in [2.24, 2.45) is 0 Å². The maximum atomic E-state index is 12.2. The Balaban J connectivity index is 2.00. The number of rotatable bonds is 2. The smallest absolute Gasteiger partial charge is 0.410 e. The van der Waals surface area contributed by atoms with Crippen molar-refractivity contribution in [3.05, 3.63) is 24.0 Å². The first-order chi connectivity index (χ1) is 11.2. The molecule has 1 aromatic rings. The number of nitrogens with one attached hydrogen (secondary N) is 1. The highest BCUT2D eigenvalue weighted by molar-refractivity contribution is 5.92. The number of nitrogens with zero attached hydrogens (tertiary/aromatic N) is 3. The summed E-state index contributed by atoms with van der Waals surface area (Å²) in [7, 11) is 1.58. The van der Waals surface area contributed by atoms with E-state index in [-0.39, 0.29) is 18.0 Å². The van der Waals surface area contributed by atoms with E-state index in [1.54, 1.807) is 24.2 Å². The van der Waals surface area contributed by atoms with Crippen LogP contribution in [0.2, 0.25) is 0 Å². The van der Waals surface area contributed by atoms with Gasteiger partial charge in [-0.2, -0.15) is 0 Å². The molecule has 7 heteroatoms. The standard InChI is InChI=1S/C17H26N4O3/c1-12-11-20(8-9-21(12)16(23)24-17(2,3)4)13-6-7-14(19-10-13)15(22)18-5/h6-7,10,12H,8-9,11H2,1-5H3,(H,18,22)/t12-/m0/s1. The second kappa shape index (κ2) is 7.07. The van der Waals surface area contributed by atoms with Crippen LogP contribution < -0.4 is 10.2 Å². The first-order valence-electron chi connectivity index (χ1n) is 8.14. The molecule has 1 fully saturated rings. The van der Waals surface area contributed by atoms with E-state index in [0.29, 0.717) is 25.3 Å². The predicted molar refractivity (Wildman–Crippen MR) is 92.2 cm³/mol. The topological polar surface area (TPSA) is 74.8 Å². The number of hydrogen-bond acceptors (Lipinski definition) is 5. The summed E-state index contributed by atoms with van der Waals surface area (Å²) in [4.78, 5) is 31.9. The van der Waals surface area contributed by atoms with Gasteiger partial charge in [0.15, 0.2) is 0 Å². The van der Waals surface area contributed by atoms with Crippen molar-refractivity contribution in [3.8, 4) is 0 Å². The summed E-state index contributed by atoms with van der Waals surface area (Å²) >= 11 is 0. The lowest BCUT2D eigenvalue weighted by Crippen LogP contribution is -2.55. The Bertz CT molecular complexity index is 595. The van der Waals surface area contributed by atoms with Gasteiger partial charge in [0.05, 0.1) is 11.9 Å². The number of aromatic nitrogens is 1. The minimum atomic E-state index is -0.493. The van der Waals surface area contributed by atoms with Crippen LogP contribution in [-0.2, 0) is 4.74 Å². The molecule has 2 rings (SSSR count). The van der Waals surface area contributed by atoms with E-state index in [1.165, 1.54) is 0 Å². The van der Waals surface area contributed by atoms with Gasteiger partial charge in [-0.3, -0.25) is 4.79 Å². The molecule has 2 heterocycles. The molecule has 0 radical (unpaired) electrons. The molecule has 1 aliphatic rings. The molecule has 0 bridgehead atoms. The van der Waals surface area contributed by atoms with E-state index in [9.17, 15) is 9.59 Å². The number of piperazine rings is 1. The van der Waals surface area contributed by atoms with Gasteiger partial charge in [-0.05, 0) is 39.8 Å². The fourth-order valence-corrected chi connectivity index (χ4v) is 2.62. The molecule has 0 saturated carbocycles. The summed E-state index contributed by atoms with van der Waals surface area (Å²) in [5.41, 5.74) is 0.841. The number of anilines is 1. The number of carbonyl (C=O) groups excluding carboxylic acids is 2. The van der Waals surface area contributed by atoms with E-state index in [2.05, 4.69) is 15.2 Å². The molecule has 0 aromatic carbocycles.